The molecule has 0 aromatic rings. The van der Waals surface area contributed by atoms with E-state index in [1.807, 2.05) is 0 Å². The lowest BCUT2D eigenvalue weighted by molar-refractivity contribution is 0.127. The average Bonchev–Trinajstić information content (AvgIpc) is 1.95. The number of hydrogen-bond acceptors (Lipinski definition) is 2. The summed E-state index contributed by atoms with van der Waals surface area (Å²) in [6, 6.07) is 0.466. The van der Waals surface area contributed by atoms with Crippen LogP contribution in [0.5, 0.6) is 0 Å². The van der Waals surface area contributed by atoms with Crippen LogP contribution in [0, 0.1) is 5.92 Å². The minimum atomic E-state index is 0. The van der Waals surface area contributed by atoms with Crippen LogP contribution in [0.4, 0.5) is 0 Å². The van der Waals surface area contributed by atoms with Gasteiger partial charge >= 0.3 is 0 Å². The molecule has 68 valence electrons. The van der Waals surface area contributed by atoms with Gasteiger partial charge in [0.2, 0.25) is 0 Å². The topological polar surface area (TPSA) is 35.2 Å². The number of ether oxygens (including phenoxy) is 1. The summed E-state index contributed by atoms with van der Waals surface area (Å²) in [6.45, 7) is 0.923. The van der Waals surface area contributed by atoms with Crippen molar-refractivity contribution in [1.29, 1.82) is 0 Å². The second-order valence-electron chi connectivity index (χ2n) is 3.24. The van der Waals surface area contributed by atoms with Crippen molar-refractivity contribution in [1.82, 2.24) is 0 Å². The van der Waals surface area contributed by atoms with Crippen molar-refractivity contribution in [3.63, 3.8) is 0 Å². The van der Waals surface area contributed by atoms with Crippen LogP contribution in [0.3, 0.4) is 0 Å². The Balaban J connectivity index is 0.000001000. The first-order chi connectivity index (χ1) is 4.83. The van der Waals surface area contributed by atoms with Crippen molar-refractivity contribution in [2.45, 2.75) is 31.7 Å². The van der Waals surface area contributed by atoms with Crippen LogP contribution in [0.1, 0.15) is 25.7 Å². The average molecular weight is 180 g/mol. The lowest BCUT2D eigenvalue weighted by Gasteiger charge is -2.25. The van der Waals surface area contributed by atoms with Gasteiger partial charge in [-0.3, -0.25) is 0 Å². The van der Waals surface area contributed by atoms with Gasteiger partial charge in [-0.15, -0.1) is 12.4 Å². The molecule has 0 aromatic heterocycles. The number of hydrogen-bond donors (Lipinski definition) is 1. The van der Waals surface area contributed by atoms with Crippen LogP contribution in [0.2, 0.25) is 0 Å². The van der Waals surface area contributed by atoms with E-state index < -0.39 is 0 Å². The van der Waals surface area contributed by atoms with Gasteiger partial charge in [-0.1, -0.05) is 0 Å². The fraction of sp³-hybridized carbons (Fsp3) is 1.00. The zero-order valence-corrected chi connectivity index (χ0v) is 7.90. The third kappa shape index (κ3) is 3.94. The van der Waals surface area contributed by atoms with Gasteiger partial charge in [-0.25, -0.2) is 0 Å². The summed E-state index contributed by atoms with van der Waals surface area (Å²) in [6.07, 6.45) is 4.89. The molecule has 3 heteroatoms. The van der Waals surface area contributed by atoms with E-state index in [4.69, 9.17) is 10.5 Å². The maximum absolute atomic E-state index is 5.75. The van der Waals surface area contributed by atoms with Crippen molar-refractivity contribution < 1.29 is 4.74 Å². The molecule has 0 spiro atoms. The standard InChI is InChI=1S/C8H17NO.ClH/c1-10-6-7-2-4-8(9)5-3-7;/h7-8H,2-6,9H2,1H3;1H. The summed E-state index contributed by atoms with van der Waals surface area (Å²) in [5.74, 6) is 0.782. The fourth-order valence-corrected chi connectivity index (χ4v) is 1.59. The van der Waals surface area contributed by atoms with Crippen LogP contribution < -0.4 is 5.73 Å². The minimum Gasteiger partial charge on any atom is -0.384 e. The Morgan fingerprint density at radius 1 is 1.27 bits per heavy atom. The van der Waals surface area contributed by atoms with E-state index in [9.17, 15) is 0 Å². The molecule has 2 N–H and O–H groups in total. The highest BCUT2D eigenvalue weighted by Crippen LogP contribution is 2.22. The highest BCUT2D eigenvalue weighted by atomic mass is 35.5. The van der Waals surface area contributed by atoms with Crippen LogP contribution in [-0.2, 0) is 4.74 Å². The van der Waals surface area contributed by atoms with E-state index in [-0.39, 0.29) is 12.4 Å². The highest BCUT2D eigenvalue weighted by molar-refractivity contribution is 5.85. The van der Waals surface area contributed by atoms with Gasteiger partial charge in [0, 0.05) is 19.8 Å². The summed E-state index contributed by atoms with van der Waals surface area (Å²) in [7, 11) is 1.77. The number of nitrogens with two attached hydrogens (primary N) is 1. The summed E-state index contributed by atoms with van der Waals surface area (Å²) >= 11 is 0. The smallest absolute Gasteiger partial charge is 0.0490 e. The predicted molar refractivity (Wildman–Crippen MR) is 49.1 cm³/mol. The van der Waals surface area contributed by atoms with Crippen LogP contribution in [0.25, 0.3) is 0 Å². The second kappa shape index (κ2) is 5.81. The lowest BCUT2D eigenvalue weighted by atomic mass is 9.87. The molecule has 1 aliphatic rings. The fourth-order valence-electron chi connectivity index (χ4n) is 1.59. The van der Waals surface area contributed by atoms with Gasteiger partial charge in [-0.2, -0.15) is 0 Å². The molecule has 1 fully saturated rings. The minimum absolute atomic E-state index is 0. The third-order valence-electron chi connectivity index (χ3n) is 2.29. The van der Waals surface area contributed by atoms with Gasteiger partial charge < -0.3 is 10.5 Å². The molecule has 1 aliphatic carbocycles. The molecule has 11 heavy (non-hydrogen) atoms. The Labute approximate surface area is 74.9 Å². The molecule has 0 amide bonds. The molecule has 0 saturated heterocycles. The maximum Gasteiger partial charge on any atom is 0.0490 e. The van der Waals surface area contributed by atoms with E-state index in [1.165, 1.54) is 25.7 Å². The molecular weight excluding hydrogens is 162 g/mol. The van der Waals surface area contributed by atoms with E-state index in [0.717, 1.165) is 12.5 Å². The van der Waals surface area contributed by atoms with Crippen LogP contribution in [0.15, 0.2) is 0 Å². The Kier molecular flexibility index (Phi) is 5.92. The van der Waals surface area contributed by atoms with Gasteiger partial charge in [0.1, 0.15) is 0 Å². The van der Waals surface area contributed by atoms with Crippen LogP contribution >= 0.6 is 12.4 Å². The molecule has 2 nitrogen and oxygen atoms in total. The Bertz CT molecular complexity index is 92.1. The van der Waals surface area contributed by atoms with E-state index in [1.54, 1.807) is 7.11 Å². The van der Waals surface area contributed by atoms with E-state index in [2.05, 4.69) is 0 Å². The summed E-state index contributed by atoms with van der Waals surface area (Å²) in [5, 5.41) is 0. The summed E-state index contributed by atoms with van der Waals surface area (Å²) < 4.78 is 5.08. The molecule has 1 rings (SSSR count). The molecule has 0 heterocycles. The molecule has 0 unspecified atom stereocenters. The van der Waals surface area contributed by atoms with Gasteiger partial charge in [0.25, 0.3) is 0 Å². The largest absolute Gasteiger partial charge is 0.384 e. The second-order valence-corrected chi connectivity index (χ2v) is 3.24. The zero-order valence-electron chi connectivity index (χ0n) is 7.08. The number of rotatable bonds is 2. The van der Waals surface area contributed by atoms with Crippen molar-refractivity contribution >= 4 is 12.4 Å². The molecule has 0 atom stereocenters. The number of methoxy groups -OCH3 is 1. The van der Waals surface area contributed by atoms with Gasteiger partial charge in [0.05, 0.1) is 0 Å². The summed E-state index contributed by atoms with van der Waals surface area (Å²) in [5.41, 5.74) is 5.75. The van der Waals surface area contributed by atoms with Crippen molar-refractivity contribution in [3.05, 3.63) is 0 Å². The van der Waals surface area contributed by atoms with Gasteiger partial charge in [0.15, 0.2) is 0 Å². The first kappa shape index (κ1) is 11.2. The normalized spacial score (nSPS) is 31.1. The molecule has 0 aromatic carbocycles. The maximum atomic E-state index is 5.75. The Morgan fingerprint density at radius 3 is 2.27 bits per heavy atom. The quantitative estimate of drug-likeness (QED) is 0.699. The zero-order chi connectivity index (χ0) is 7.40. The van der Waals surface area contributed by atoms with Crippen LogP contribution in [-0.4, -0.2) is 19.8 Å². The predicted octanol–water partition coefficient (Wildman–Crippen LogP) is 1.57. The van der Waals surface area contributed by atoms with Crippen molar-refractivity contribution in [2.24, 2.45) is 11.7 Å². The number of halogens is 1. The third-order valence-corrected chi connectivity index (χ3v) is 2.29. The SMILES string of the molecule is COCC1CCC(N)CC1.Cl. The van der Waals surface area contributed by atoms with Crippen molar-refractivity contribution in [3.8, 4) is 0 Å². The molecule has 0 radical (unpaired) electrons. The monoisotopic (exact) mass is 179 g/mol. The first-order valence-corrected chi connectivity index (χ1v) is 4.07. The summed E-state index contributed by atoms with van der Waals surface area (Å²) in [4.78, 5) is 0. The molecule has 1 saturated carbocycles. The first-order valence-electron chi connectivity index (χ1n) is 4.07. The molecule has 0 aliphatic heterocycles. The Morgan fingerprint density at radius 2 is 1.82 bits per heavy atom. The molecular formula is C8H18ClNO. The van der Waals surface area contributed by atoms with E-state index >= 15 is 0 Å². The lowest BCUT2D eigenvalue weighted by Crippen LogP contribution is -2.27. The van der Waals surface area contributed by atoms with Gasteiger partial charge in [-0.05, 0) is 31.6 Å². The molecule has 0 bridgehead atoms. The Hall–Kier alpha value is 0.210. The highest BCUT2D eigenvalue weighted by Gasteiger charge is 2.17. The van der Waals surface area contributed by atoms with Crippen molar-refractivity contribution in [2.75, 3.05) is 13.7 Å². The van der Waals surface area contributed by atoms with E-state index in [0.29, 0.717) is 6.04 Å².